The standard InChI is InChI=1S/C14H26N2O/c1-11-6-5-9-13(15-11)14(17)16(2)10-12-7-3-4-8-12/h11-13,15H,3-10H2,1-2H3. The van der Waals surface area contributed by atoms with E-state index in [-0.39, 0.29) is 6.04 Å². The second kappa shape index (κ2) is 5.85. The van der Waals surface area contributed by atoms with E-state index in [1.165, 1.54) is 38.5 Å². The molecule has 2 fully saturated rings. The van der Waals surface area contributed by atoms with Crippen LogP contribution in [0.25, 0.3) is 0 Å². The number of carbonyl (C=O) groups is 1. The Morgan fingerprint density at radius 1 is 1.18 bits per heavy atom. The average molecular weight is 238 g/mol. The fraction of sp³-hybridized carbons (Fsp3) is 0.929. The topological polar surface area (TPSA) is 32.3 Å². The summed E-state index contributed by atoms with van der Waals surface area (Å²) >= 11 is 0. The number of rotatable bonds is 3. The van der Waals surface area contributed by atoms with Gasteiger partial charge in [-0.2, -0.15) is 0 Å². The van der Waals surface area contributed by atoms with Crippen LogP contribution in [0.3, 0.4) is 0 Å². The summed E-state index contributed by atoms with van der Waals surface area (Å²) in [6.07, 6.45) is 8.73. The highest BCUT2D eigenvalue weighted by Gasteiger charge is 2.28. The van der Waals surface area contributed by atoms with Crippen molar-refractivity contribution in [3.05, 3.63) is 0 Å². The van der Waals surface area contributed by atoms with Crippen molar-refractivity contribution in [2.45, 2.75) is 64.0 Å². The number of hydrogen-bond acceptors (Lipinski definition) is 2. The van der Waals surface area contributed by atoms with E-state index < -0.39 is 0 Å². The average Bonchev–Trinajstić information content (AvgIpc) is 2.80. The molecule has 2 aliphatic rings. The first kappa shape index (κ1) is 12.9. The van der Waals surface area contributed by atoms with Crippen molar-refractivity contribution in [3.63, 3.8) is 0 Å². The van der Waals surface area contributed by atoms with E-state index >= 15 is 0 Å². The number of amides is 1. The molecule has 3 heteroatoms. The molecule has 0 aromatic rings. The minimum atomic E-state index is 0.0742. The Morgan fingerprint density at radius 2 is 1.88 bits per heavy atom. The molecule has 1 heterocycles. The highest BCUT2D eigenvalue weighted by atomic mass is 16.2. The van der Waals surface area contributed by atoms with Gasteiger partial charge in [0.15, 0.2) is 0 Å². The normalized spacial score (nSPS) is 30.5. The molecular formula is C14H26N2O. The van der Waals surface area contributed by atoms with Crippen LogP contribution >= 0.6 is 0 Å². The number of nitrogens with one attached hydrogen (secondary N) is 1. The Kier molecular flexibility index (Phi) is 4.43. The van der Waals surface area contributed by atoms with Crippen molar-refractivity contribution in [1.82, 2.24) is 10.2 Å². The predicted molar refractivity (Wildman–Crippen MR) is 69.8 cm³/mol. The van der Waals surface area contributed by atoms with Crippen LogP contribution in [0.15, 0.2) is 0 Å². The van der Waals surface area contributed by atoms with E-state index in [0.29, 0.717) is 11.9 Å². The Hall–Kier alpha value is -0.570. The summed E-state index contributed by atoms with van der Waals surface area (Å²) in [4.78, 5) is 14.3. The van der Waals surface area contributed by atoms with E-state index in [4.69, 9.17) is 0 Å². The van der Waals surface area contributed by atoms with Crippen LogP contribution in [-0.2, 0) is 4.79 Å². The molecule has 1 saturated heterocycles. The smallest absolute Gasteiger partial charge is 0.239 e. The molecule has 1 aliphatic heterocycles. The molecule has 0 aromatic heterocycles. The first-order chi connectivity index (χ1) is 8.16. The summed E-state index contributed by atoms with van der Waals surface area (Å²) in [5, 5.41) is 3.43. The van der Waals surface area contributed by atoms with Crippen molar-refractivity contribution in [1.29, 1.82) is 0 Å². The van der Waals surface area contributed by atoms with E-state index in [1.54, 1.807) is 0 Å². The van der Waals surface area contributed by atoms with Gasteiger partial charge in [0.25, 0.3) is 0 Å². The number of piperidine rings is 1. The maximum absolute atomic E-state index is 12.3. The predicted octanol–water partition coefficient (Wildman–Crippen LogP) is 2.17. The van der Waals surface area contributed by atoms with Gasteiger partial charge in [-0.25, -0.2) is 0 Å². The minimum absolute atomic E-state index is 0.0742. The van der Waals surface area contributed by atoms with Gasteiger partial charge in [-0.3, -0.25) is 4.79 Å². The number of carbonyl (C=O) groups excluding carboxylic acids is 1. The van der Waals surface area contributed by atoms with E-state index in [2.05, 4.69) is 12.2 Å². The summed E-state index contributed by atoms with van der Waals surface area (Å²) in [7, 11) is 1.97. The number of likely N-dealkylation sites (N-methyl/N-ethyl adjacent to an activating group) is 1. The summed E-state index contributed by atoms with van der Waals surface area (Å²) in [5.74, 6) is 1.06. The Morgan fingerprint density at radius 3 is 2.53 bits per heavy atom. The summed E-state index contributed by atoms with van der Waals surface area (Å²) in [6.45, 7) is 3.14. The van der Waals surface area contributed by atoms with Crippen LogP contribution in [0, 0.1) is 5.92 Å². The lowest BCUT2D eigenvalue weighted by Crippen LogP contribution is -2.51. The molecule has 2 rings (SSSR count). The summed E-state index contributed by atoms with van der Waals surface area (Å²) < 4.78 is 0. The van der Waals surface area contributed by atoms with E-state index in [9.17, 15) is 4.79 Å². The van der Waals surface area contributed by atoms with Crippen molar-refractivity contribution in [3.8, 4) is 0 Å². The van der Waals surface area contributed by atoms with Crippen LogP contribution in [0.4, 0.5) is 0 Å². The molecule has 17 heavy (non-hydrogen) atoms. The van der Waals surface area contributed by atoms with Gasteiger partial charge >= 0.3 is 0 Å². The lowest BCUT2D eigenvalue weighted by Gasteiger charge is -2.32. The molecule has 0 aromatic carbocycles. The fourth-order valence-corrected chi connectivity index (χ4v) is 3.27. The third-order valence-corrected chi connectivity index (χ3v) is 4.30. The number of hydrogen-bond donors (Lipinski definition) is 1. The molecule has 1 amide bonds. The third-order valence-electron chi connectivity index (χ3n) is 4.30. The molecule has 1 saturated carbocycles. The fourth-order valence-electron chi connectivity index (χ4n) is 3.27. The first-order valence-corrected chi connectivity index (χ1v) is 7.18. The molecular weight excluding hydrogens is 212 g/mol. The van der Waals surface area contributed by atoms with Gasteiger partial charge in [-0.15, -0.1) is 0 Å². The van der Waals surface area contributed by atoms with Gasteiger partial charge in [0.2, 0.25) is 5.91 Å². The van der Waals surface area contributed by atoms with Crippen molar-refractivity contribution in [2.75, 3.05) is 13.6 Å². The van der Waals surface area contributed by atoms with Crippen LogP contribution in [0.5, 0.6) is 0 Å². The summed E-state index contributed by atoms with van der Waals surface area (Å²) in [6, 6.07) is 0.572. The zero-order valence-electron chi connectivity index (χ0n) is 11.2. The van der Waals surface area contributed by atoms with Crippen molar-refractivity contribution >= 4 is 5.91 Å². The Bertz CT molecular complexity index is 261. The van der Waals surface area contributed by atoms with Crippen LogP contribution in [0.2, 0.25) is 0 Å². The Balaban J connectivity index is 1.81. The maximum Gasteiger partial charge on any atom is 0.239 e. The second-order valence-corrected chi connectivity index (χ2v) is 5.92. The van der Waals surface area contributed by atoms with Crippen LogP contribution in [-0.4, -0.2) is 36.5 Å². The van der Waals surface area contributed by atoms with Gasteiger partial charge in [-0.05, 0) is 44.9 Å². The maximum atomic E-state index is 12.3. The first-order valence-electron chi connectivity index (χ1n) is 7.18. The molecule has 0 bridgehead atoms. The highest BCUT2D eigenvalue weighted by Crippen LogP contribution is 2.25. The molecule has 2 unspecified atom stereocenters. The number of nitrogens with zero attached hydrogens (tertiary/aromatic N) is 1. The van der Waals surface area contributed by atoms with Gasteiger partial charge in [0, 0.05) is 19.6 Å². The summed E-state index contributed by atoms with van der Waals surface area (Å²) in [5.41, 5.74) is 0. The van der Waals surface area contributed by atoms with E-state index in [1.807, 2.05) is 11.9 Å². The zero-order chi connectivity index (χ0) is 12.3. The molecule has 1 N–H and O–H groups in total. The SMILES string of the molecule is CC1CCCC(C(=O)N(C)CC2CCCC2)N1. The van der Waals surface area contributed by atoms with Gasteiger partial charge in [0.05, 0.1) is 6.04 Å². The molecule has 1 aliphatic carbocycles. The van der Waals surface area contributed by atoms with E-state index in [0.717, 1.165) is 18.9 Å². The van der Waals surface area contributed by atoms with Crippen molar-refractivity contribution in [2.24, 2.45) is 5.92 Å². The van der Waals surface area contributed by atoms with Crippen molar-refractivity contribution < 1.29 is 4.79 Å². The molecule has 3 nitrogen and oxygen atoms in total. The zero-order valence-corrected chi connectivity index (χ0v) is 11.2. The monoisotopic (exact) mass is 238 g/mol. The quantitative estimate of drug-likeness (QED) is 0.817. The Labute approximate surface area is 105 Å². The lowest BCUT2D eigenvalue weighted by molar-refractivity contribution is -0.133. The molecule has 0 radical (unpaired) electrons. The van der Waals surface area contributed by atoms with Gasteiger partial charge in [-0.1, -0.05) is 12.8 Å². The molecule has 98 valence electrons. The minimum Gasteiger partial charge on any atom is -0.344 e. The largest absolute Gasteiger partial charge is 0.344 e. The van der Waals surface area contributed by atoms with Crippen LogP contribution in [0.1, 0.15) is 51.9 Å². The molecule has 0 spiro atoms. The molecule has 2 atom stereocenters. The lowest BCUT2D eigenvalue weighted by atomic mass is 9.98. The highest BCUT2D eigenvalue weighted by molar-refractivity contribution is 5.81. The van der Waals surface area contributed by atoms with Crippen LogP contribution < -0.4 is 5.32 Å². The third kappa shape index (κ3) is 3.44. The van der Waals surface area contributed by atoms with Gasteiger partial charge in [0.1, 0.15) is 0 Å². The van der Waals surface area contributed by atoms with Gasteiger partial charge < -0.3 is 10.2 Å². The second-order valence-electron chi connectivity index (χ2n) is 5.92.